The van der Waals surface area contributed by atoms with E-state index in [0.29, 0.717) is 6.08 Å². The first kappa shape index (κ1) is 15.0. The quantitative estimate of drug-likeness (QED) is 0.678. The summed E-state index contributed by atoms with van der Waals surface area (Å²) in [6.07, 6.45) is -4.49. The van der Waals surface area contributed by atoms with Crippen molar-refractivity contribution in [1.82, 2.24) is 0 Å². The van der Waals surface area contributed by atoms with Crippen LogP contribution in [0.15, 0.2) is 36.0 Å². The van der Waals surface area contributed by atoms with Gasteiger partial charge in [-0.05, 0) is 30.3 Å². The van der Waals surface area contributed by atoms with Crippen LogP contribution in [0.1, 0.15) is 6.42 Å². The van der Waals surface area contributed by atoms with Crippen LogP contribution in [0.5, 0.6) is 0 Å². The predicted octanol–water partition coefficient (Wildman–Crippen LogP) is 3.25. The summed E-state index contributed by atoms with van der Waals surface area (Å²) >= 11 is 0. The number of allylic oxidation sites excluding steroid dienone is 1. The van der Waals surface area contributed by atoms with Crippen LogP contribution in [0.2, 0.25) is 0 Å². The Kier molecular flexibility index (Phi) is 4.91. The molecule has 0 radical (unpaired) electrons. The number of carbonyl (C=O) groups is 1. The van der Waals surface area contributed by atoms with Gasteiger partial charge in [-0.25, -0.2) is 4.39 Å². The Morgan fingerprint density at radius 2 is 1.89 bits per heavy atom. The van der Waals surface area contributed by atoms with E-state index in [0.717, 1.165) is 31.4 Å². The number of esters is 1. The van der Waals surface area contributed by atoms with Gasteiger partial charge in [-0.2, -0.15) is 13.2 Å². The third-order valence-corrected chi connectivity index (χ3v) is 2.13. The molecule has 7 heteroatoms. The maximum absolute atomic E-state index is 12.7. The number of hydrogen-bond acceptors (Lipinski definition) is 3. The van der Waals surface area contributed by atoms with Gasteiger partial charge in [0.2, 0.25) is 0 Å². The standard InChI is InChI=1S/C12H11F4NO2/c1-19-11(18)7-6-10(12(14,15)16)17-9-4-2-8(13)3-5-9/h2-6,17H,7H2,1H3/b10-6-. The lowest BCUT2D eigenvalue weighted by Crippen LogP contribution is -2.19. The van der Waals surface area contributed by atoms with Gasteiger partial charge in [0.25, 0.3) is 0 Å². The molecule has 19 heavy (non-hydrogen) atoms. The maximum Gasteiger partial charge on any atom is 0.430 e. The smallest absolute Gasteiger partial charge is 0.430 e. The first-order valence-corrected chi connectivity index (χ1v) is 5.19. The highest BCUT2D eigenvalue weighted by atomic mass is 19.4. The lowest BCUT2D eigenvalue weighted by Gasteiger charge is -2.14. The number of nitrogens with one attached hydrogen (secondary N) is 1. The van der Waals surface area contributed by atoms with Crippen molar-refractivity contribution in [2.75, 3.05) is 12.4 Å². The van der Waals surface area contributed by atoms with Crippen LogP contribution in [0, 0.1) is 5.82 Å². The molecule has 0 aliphatic heterocycles. The van der Waals surface area contributed by atoms with E-state index in [-0.39, 0.29) is 5.69 Å². The summed E-state index contributed by atoms with van der Waals surface area (Å²) in [5, 5.41) is 2.09. The van der Waals surface area contributed by atoms with Crippen molar-refractivity contribution in [3.63, 3.8) is 0 Å². The molecule has 0 spiro atoms. The summed E-state index contributed by atoms with van der Waals surface area (Å²) in [5.74, 6) is -1.35. The number of hydrogen-bond donors (Lipinski definition) is 1. The summed E-state index contributed by atoms with van der Waals surface area (Å²) in [7, 11) is 1.08. The van der Waals surface area contributed by atoms with Crippen molar-refractivity contribution in [2.24, 2.45) is 0 Å². The summed E-state index contributed by atoms with van der Waals surface area (Å²) in [5.41, 5.74) is -1.04. The molecule has 0 aromatic heterocycles. The molecule has 0 aliphatic carbocycles. The average Bonchev–Trinajstić information content (AvgIpc) is 2.34. The highest BCUT2D eigenvalue weighted by Gasteiger charge is 2.33. The SMILES string of the molecule is COC(=O)C/C=C(\Nc1ccc(F)cc1)C(F)(F)F. The van der Waals surface area contributed by atoms with Gasteiger partial charge in [0.15, 0.2) is 0 Å². The van der Waals surface area contributed by atoms with E-state index in [1.807, 2.05) is 0 Å². The number of halogens is 4. The second-order valence-electron chi connectivity index (χ2n) is 3.53. The first-order chi connectivity index (χ1) is 8.82. The molecule has 3 nitrogen and oxygen atoms in total. The van der Waals surface area contributed by atoms with Crippen molar-refractivity contribution in [2.45, 2.75) is 12.6 Å². The second-order valence-corrected chi connectivity index (χ2v) is 3.53. The molecular formula is C12H11F4NO2. The third kappa shape index (κ3) is 4.99. The molecule has 0 unspecified atom stereocenters. The Morgan fingerprint density at radius 3 is 2.37 bits per heavy atom. The Labute approximate surface area is 106 Å². The molecule has 0 atom stereocenters. The molecule has 0 amide bonds. The highest BCUT2D eigenvalue weighted by Crippen LogP contribution is 2.27. The normalized spacial score (nSPS) is 12.2. The number of carbonyl (C=O) groups excluding carboxylic acids is 1. The van der Waals surface area contributed by atoms with Crippen LogP contribution in [0.3, 0.4) is 0 Å². The van der Waals surface area contributed by atoms with Gasteiger partial charge in [0.05, 0.1) is 13.5 Å². The van der Waals surface area contributed by atoms with Crippen LogP contribution in [-0.2, 0) is 9.53 Å². The minimum atomic E-state index is -4.65. The van der Waals surface area contributed by atoms with E-state index in [4.69, 9.17) is 0 Å². The van der Waals surface area contributed by atoms with Crippen molar-refractivity contribution in [3.8, 4) is 0 Å². The summed E-state index contributed by atoms with van der Waals surface area (Å²) in [6, 6.07) is 4.37. The molecule has 0 aliphatic rings. The zero-order valence-corrected chi connectivity index (χ0v) is 9.92. The van der Waals surface area contributed by atoms with E-state index >= 15 is 0 Å². The Hall–Kier alpha value is -2.05. The van der Waals surface area contributed by atoms with Gasteiger partial charge in [0.1, 0.15) is 11.5 Å². The van der Waals surface area contributed by atoms with Crippen LogP contribution < -0.4 is 5.32 Å². The van der Waals surface area contributed by atoms with E-state index in [9.17, 15) is 22.4 Å². The fourth-order valence-electron chi connectivity index (χ4n) is 1.20. The monoisotopic (exact) mass is 277 g/mol. The Morgan fingerprint density at radius 1 is 1.32 bits per heavy atom. The van der Waals surface area contributed by atoms with Crippen molar-refractivity contribution in [3.05, 3.63) is 41.9 Å². The number of anilines is 1. The van der Waals surface area contributed by atoms with E-state index < -0.39 is 30.1 Å². The molecule has 1 aromatic rings. The first-order valence-electron chi connectivity index (χ1n) is 5.19. The number of methoxy groups -OCH3 is 1. The highest BCUT2D eigenvalue weighted by molar-refractivity contribution is 5.71. The van der Waals surface area contributed by atoms with Gasteiger partial charge >= 0.3 is 12.1 Å². The molecule has 104 valence electrons. The Bertz CT molecular complexity index is 466. The average molecular weight is 277 g/mol. The molecule has 1 aromatic carbocycles. The number of ether oxygens (including phenoxy) is 1. The minimum Gasteiger partial charge on any atom is -0.469 e. The fraction of sp³-hybridized carbons (Fsp3) is 0.250. The van der Waals surface area contributed by atoms with Crippen LogP contribution in [-0.4, -0.2) is 19.3 Å². The molecule has 1 rings (SSSR count). The molecule has 0 saturated carbocycles. The maximum atomic E-state index is 12.7. The number of rotatable bonds is 4. The van der Waals surface area contributed by atoms with Gasteiger partial charge in [-0.15, -0.1) is 0 Å². The molecule has 1 N–H and O–H groups in total. The molecular weight excluding hydrogens is 266 g/mol. The number of alkyl halides is 3. The van der Waals surface area contributed by atoms with Gasteiger partial charge in [-0.1, -0.05) is 0 Å². The predicted molar refractivity (Wildman–Crippen MR) is 60.8 cm³/mol. The topological polar surface area (TPSA) is 38.3 Å². The summed E-state index contributed by atoms with van der Waals surface area (Å²) < 4.78 is 54.9. The summed E-state index contributed by atoms with van der Waals surface area (Å²) in [4.78, 5) is 10.8. The van der Waals surface area contributed by atoms with Gasteiger partial charge < -0.3 is 10.1 Å². The van der Waals surface area contributed by atoms with Crippen LogP contribution >= 0.6 is 0 Å². The van der Waals surface area contributed by atoms with Crippen LogP contribution in [0.4, 0.5) is 23.2 Å². The zero-order chi connectivity index (χ0) is 14.5. The molecule has 0 fully saturated rings. The largest absolute Gasteiger partial charge is 0.469 e. The third-order valence-electron chi connectivity index (χ3n) is 2.13. The molecule has 0 bridgehead atoms. The summed E-state index contributed by atoms with van der Waals surface area (Å²) in [6.45, 7) is 0. The van der Waals surface area contributed by atoms with Crippen molar-refractivity contribution < 1.29 is 27.1 Å². The molecule has 0 heterocycles. The van der Waals surface area contributed by atoms with Crippen LogP contribution in [0.25, 0.3) is 0 Å². The Balaban J connectivity index is 2.86. The van der Waals surface area contributed by atoms with E-state index in [1.54, 1.807) is 0 Å². The van der Waals surface area contributed by atoms with Gasteiger partial charge in [0, 0.05) is 5.69 Å². The minimum absolute atomic E-state index is 0.0647. The van der Waals surface area contributed by atoms with Crippen molar-refractivity contribution >= 4 is 11.7 Å². The fourth-order valence-corrected chi connectivity index (χ4v) is 1.20. The van der Waals surface area contributed by atoms with E-state index in [1.165, 1.54) is 0 Å². The lowest BCUT2D eigenvalue weighted by atomic mass is 10.2. The van der Waals surface area contributed by atoms with Gasteiger partial charge in [-0.3, -0.25) is 4.79 Å². The number of benzene rings is 1. The molecule has 0 saturated heterocycles. The van der Waals surface area contributed by atoms with E-state index in [2.05, 4.69) is 10.1 Å². The lowest BCUT2D eigenvalue weighted by molar-refractivity contribution is -0.139. The van der Waals surface area contributed by atoms with Crippen molar-refractivity contribution in [1.29, 1.82) is 0 Å². The second kappa shape index (κ2) is 6.21. The zero-order valence-electron chi connectivity index (χ0n) is 9.92.